The van der Waals surface area contributed by atoms with Gasteiger partial charge in [-0.1, -0.05) is 25.0 Å². The van der Waals surface area contributed by atoms with Gasteiger partial charge in [0.2, 0.25) is 0 Å². The zero-order valence-electron chi connectivity index (χ0n) is 15.7. The lowest BCUT2D eigenvalue weighted by Gasteiger charge is -2.35. The summed E-state index contributed by atoms with van der Waals surface area (Å²) in [4.78, 5) is 15.9. The molecule has 0 unspecified atom stereocenters. The van der Waals surface area contributed by atoms with Gasteiger partial charge in [0.15, 0.2) is 0 Å². The van der Waals surface area contributed by atoms with E-state index in [4.69, 9.17) is 9.84 Å². The molecule has 2 aliphatic rings. The molecule has 0 amide bonds. The summed E-state index contributed by atoms with van der Waals surface area (Å²) in [6, 6.07) is 8.45. The van der Waals surface area contributed by atoms with Crippen LogP contribution < -0.4 is 4.74 Å². The van der Waals surface area contributed by atoms with E-state index in [1.807, 2.05) is 12.1 Å². The van der Waals surface area contributed by atoms with Gasteiger partial charge in [0.25, 0.3) is 0 Å². The van der Waals surface area contributed by atoms with Gasteiger partial charge in [0.1, 0.15) is 12.4 Å². The van der Waals surface area contributed by atoms with E-state index < -0.39 is 5.97 Å². The Labute approximate surface area is 156 Å². The third kappa shape index (κ3) is 5.99. The summed E-state index contributed by atoms with van der Waals surface area (Å²) < 4.78 is 5.98. The lowest BCUT2D eigenvalue weighted by molar-refractivity contribution is -0.138. The molecule has 0 aromatic heterocycles. The summed E-state index contributed by atoms with van der Waals surface area (Å²) in [5, 5.41) is 9.15. The standard InChI is InChI=1S/C21H32N2O3/c24-21(25)16-19-8-2-5-12-23(19)17-18-7-6-9-20(15-18)26-14-13-22-10-3-1-4-11-22/h6-7,9,15,19H,1-5,8,10-14,16-17H2,(H,24,25)/t19-/m0/s1. The number of rotatable bonds is 8. The number of carboxylic acids is 1. The molecule has 5 heteroatoms. The van der Waals surface area contributed by atoms with Crippen molar-refractivity contribution in [2.75, 3.05) is 32.8 Å². The number of benzene rings is 1. The second-order valence-corrected chi connectivity index (χ2v) is 7.62. The molecular formula is C21H32N2O3. The number of likely N-dealkylation sites (tertiary alicyclic amines) is 2. The number of ether oxygens (including phenoxy) is 1. The van der Waals surface area contributed by atoms with E-state index in [-0.39, 0.29) is 12.5 Å². The van der Waals surface area contributed by atoms with Crippen molar-refractivity contribution in [2.45, 2.75) is 57.5 Å². The Balaban J connectivity index is 1.50. The van der Waals surface area contributed by atoms with Crippen molar-refractivity contribution in [1.29, 1.82) is 0 Å². The van der Waals surface area contributed by atoms with Gasteiger partial charge in [0.05, 0.1) is 6.42 Å². The van der Waals surface area contributed by atoms with E-state index in [9.17, 15) is 4.79 Å². The molecule has 1 atom stereocenters. The van der Waals surface area contributed by atoms with Crippen LogP contribution in [0.5, 0.6) is 5.75 Å². The number of carbonyl (C=O) groups is 1. The lowest BCUT2D eigenvalue weighted by atomic mass is 9.98. The molecular weight excluding hydrogens is 328 g/mol. The van der Waals surface area contributed by atoms with Crippen molar-refractivity contribution in [3.05, 3.63) is 29.8 Å². The van der Waals surface area contributed by atoms with Gasteiger partial charge in [-0.2, -0.15) is 0 Å². The highest BCUT2D eigenvalue weighted by Gasteiger charge is 2.24. The Morgan fingerprint density at radius 1 is 1.12 bits per heavy atom. The quantitative estimate of drug-likeness (QED) is 0.770. The maximum absolute atomic E-state index is 11.1. The van der Waals surface area contributed by atoms with E-state index >= 15 is 0 Å². The second-order valence-electron chi connectivity index (χ2n) is 7.62. The third-order valence-corrected chi connectivity index (χ3v) is 5.57. The Hall–Kier alpha value is -1.59. The molecule has 2 fully saturated rings. The number of hydrogen-bond donors (Lipinski definition) is 1. The average molecular weight is 360 g/mol. The minimum atomic E-state index is -0.698. The summed E-state index contributed by atoms with van der Waals surface area (Å²) in [6.07, 6.45) is 7.49. The molecule has 2 aliphatic heterocycles. The molecule has 0 bridgehead atoms. The van der Waals surface area contributed by atoms with Crippen LogP contribution in [0.1, 0.15) is 50.5 Å². The van der Waals surface area contributed by atoms with E-state index in [0.29, 0.717) is 0 Å². The largest absolute Gasteiger partial charge is 0.492 e. The monoisotopic (exact) mass is 360 g/mol. The first-order valence-corrected chi connectivity index (χ1v) is 10.1. The van der Waals surface area contributed by atoms with Crippen molar-refractivity contribution in [2.24, 2.45) is 0 Å². The van der Waals surface area contributed by atoms with Crippen LogP contribution in [0.2, 0.25) is 0 Å². The SMILES string of the molecule is O=C(O)C[C@@H]1CCCCN1Cc1cccc(OCCN2CCCCC2)c1. The summed E-state index contributed by atoms with van der Waals surface area (Å²) in [6.45, 7) is 5.91. The van der Waals surface area contributed by atoms with Crippen LogP contribution in [0.3, 0.4) is 0 Å². The van der Waals surface area contributed by atoms with Crippen molar-refractivity contribution < 1.29 is 14.6 Å². The molecule has 2 saturated heterocycles. The van der Waals surface area contributed by atoms with Crippen LogP contribution in [0.25, 0.3) is 0 Å². The predicted octanol–water partition coefficient (Wildman–Crippen LogP) is 3.38. The fourth-order valence-electron chi connectivity index (χ4n) is 4.14. The van der Waals surface area contributed by atoms with Crippen molar-refractivity contribution in [3.8, 4) is 5.75 Å². The van der Waals surface area contributed by atoms with Gasteiger partial charge in [-0.05, 0) is 63.0 Å². The number of aliphatic carboxylic acids is 1. The Morgan fingerprint density at radius 2 is 1.92 bits per heavy atom. The van der Waals surface area contributed by atoms with E-state index in [2.05, 4.69) is 21.9 Å². The zero-order chi connectivity index (χ0) is 18.2. The first kappa shape index (κ1) is 19.2. The molecule has 2 heterocycles. The van der Waals surface area contributed by atoms with Crippen LogP contribution >= 0.6 is 0 Å². The van der Waals surface area contributed by atoms with Gasteiger partial charge in [-0.3, -0.25) is 14.6 Å². The van der Waals surface area contributed by atoms with Gasteiger partial charge in [-0.25, -0.2) is 0 Å². The topological polar surface area (TPSA) is 53.0 Å². The number of hydrogen-bond acceptors (Lipinski definition) is 4. The maximum Gasteiger partial charge on any atom is 0.304 e. The van der Waals surface area contributed by atoms with Gasteiger partial charge in [0, 0.05) is 19.1 Å². The van der Waals surface area contributed by atoms with E-state index in [1.54, 1.807) is 0 Å². The van der Waals surface area contributed by atoms with E-state index in [1.165, 1.54) is 37.9 Å². The first-order valence-electron chi connectivity index (χ1n) is 10.1. The van der Waals surface area contributed by atoms with E-state index in [0.717, 1.165) is 51.3 Å². The van der Waals surface area contributed by atoms with Gasteiger partial charge >= 0.3 is 5.97 Å². The molecule has 3 rings (SSSR count). The van der Waals surface area contributed by atoms with Crippen LogP contribution in [0.4, 0.5) is 0 Å². The predicted molar refractivity (Wildman–Crippen MR) is 103 cm³/mol. The minimum Gasteiger partial charge on any atom is -0.492 e. The number of carboxylic acid groups (broad SMARTS) is 1. The molecule has 1 aromatic rings. The van der Waals surface area contributed by atoms with Gasteiger partial charge < -0.3 is 9.84 Å². The Morgan fingerprint density at radius 3 is 2.73 bits per heavy atom. The Bertz CT molecular complexity index is 572. The minimum absolute atomic E-state index is 0.157. The molecule has 0 saturated carbocycles. The molecule has 1 N–H and O–H groups in total. The maximum atomic E-state index is 11.1. The van der Waals surface area contributed by atoms with Crippen molar-refractivity contribution in [3.63, 3.8) is 0 Å². The molecule has 0 aliphatic carbocycles. The van der Waals surface area contributed by atoms with Crippen LogP contribution in [-0.2, 0) is 11.3 Å². The fourth-order valence-corrected chi connectivity index (χ4v) is 4.14. The van der Waals surface area contributed by atoms with Crippen molar-refractivity contribution in [1.82, 2.24) is 9.80 Å². The summed E-state index contributed by atoms with van der Waals surface area (Å²) >= 11 is 0. The first-order chi connectivity index (χ1) is 12.7. The Kier molecular flexibility index (Phi) is 7.32. The molecule has 0 radical (unpaired) electrons. The summed E-state index contributed by atoms with van der Waals surface area (Å²) in [5.41, 5.74) is 1.21. The van der Waals surface area contributed by atoms with Crippen LogP contribution in [0, 0.1) is 0 Å². The van der Waals surface area contributed by atoms with Crippen molar-refractivity contribution >= 4 is 5.97 Å². The summed E-state index contributed by atoms with van der Waals surface area (Å²) in [7, 11) is 0. The highest BCUT2D eigenvalue weighted by atomic mass is 16.5. The highest BCUT2D eigenvalue weighted by molar-refractivity contribution is 5.67. The molecule has 144 valence electrons. The highest BCUT2D eigenvalue weighted by Crippen LogP contribution is 2.23. The molecule has 5 nitrogen and oxygen atoms in total. The fraction of sp³-hybridized carbons (Fsp3) is 0.667. The molecule has 1 aromatic carbocycles. The zero-order valence-corrected chi connectivity index (χ0v) is 15.7. The normalized spacial score (nSPS) is 22.2. The smallest absolute Gasteiger partial charge is 0.304 e. The average Bonchev–Trinajstić information content (AvgIpc) is 2.64. The molecule has 26 heavy (non-hydrogen) atoms. The third-order valence-electron chi connectivity index (χ3n) is 5.57. The second kappa shape index (κ2) is 9.93. The lowest BCUT2D eigenvalue weighted by Crippen LogP contribution is -2.40. The van der Waals surface area contributed by atoms with Crippen LogP contribution in [0.15, 0.2) is 24.3 Å². The number of nitrogens with zero attached hydrogens (tertiary/aromatic N) is 2. The molecule has 0 spiro atoms. The van der Waals surface area contributed by atoms with Crippen LogP contribution in [-0.4, -0.2) is 59.7 Å². The van der Waals surface area contributed by atoms with Gasteiger partial charge in [-0.15, -0.1) is 0 Å². The summed E-state index contributed by atoms with van der Waals surface area (Å²) in [5.74, 6) is 0.225. The number of piperidine rings is 2.